The number of hydrogen-bond donors (Lipinski definition) is 1. The van der Waals surface area contributed by atoms with Crippen molar-refractivity contribution in [1.82, 2.24) is 9.97 Å². The smallest absolute Gasteiger partial charge is 0.536 e. The highest BCUT2D eigenvalue weighted by Crippen LogP contribution is 2.30. The van der Waals surface area contributed by atoms with Crippen LogP contribution in [0.5, 0.6) is 5.75 Å². The second-order valence-corrected chi connectivity index (χ2v) is 3.77. The minimum atomic E-state index is 0.388. The Balaban J connectivity index is 2.41. The molecule has 0 atom stereocenters. The van der Waals surface area contributed by atoms with Gasteiger partial charge in [-0.05, 0) is 25.1 Å². The topological polar surface area (TPSA) is 55.2 Å². The third-order valence-corrected chi connectivity index (χ3v) is 2.56. The molecule has 1 radical (unpaired) electrons. The lowest BCUT2D eigenvalue weighted by Crippen LogP contribution is -2.00. The normalized spacial score (nSPS) is 10.1. The van der Waals surface area contributed by atoms with Gasteiger partial charge in [-0.25, -0.2) is 0 Å². The number of rotatable bonds is 3. The first kappa shape index (κ1) is 11.9. The Kier molecular flexibility index (Phi) is 3.61. The van der Waals surface area contributed by atoms with Crippen LogP contribution in [0.3, 0.4) is 0 Å². The Labute approximate surface area is 105 Å². The largest absolute Gasteiger partial charge is 0.569 e. The van der Waals surface area contributed by atoms with E-state index < -0.39 is 0 Å². The van der Waals surface area contributed by atoms with Crippen LogP contribution in [0.4, 0.5) is 0 Å². The van der Waals surface area contributed by atoms with Crippen LogP contribution in [-0.2, 0) is 0 Å². The zero-order valence-electron chi connectivity index (χ0n) is 9.09. The first-order valence-corrected chi connectivity index (χ1v) is 5.30. The Morgan fingerprint density at radius 3 is 2.71 bits per heavy atom. The van der Waals surface area contributed by atoms with E-state index in [0.29, 0.717) is 18.5 Å². The number of hydrogen-bond acceptors (Lipinski definition) is 4. The number of aromatic nitrogens is 2. The molecule has 0 saturated carbocycles. The van der Waals surface area contributed by atoms with Crippen LogP contribution in [0.1, 0.15) is 5.69 Å². The van der Waals surface area contributed by atoms with Crippen LogP contribution in [0.15, 0.2) is 30.6 Å². The lowest BCUT2D eigenvalue weighted by atomic mass is 10.1. The highest BCUT2D eigenvalue weighted by atomic mass is 35.5. The maximum Gasteiger partial charge on any atom is 0.569 e. The van der Waals surface area contributed by atoms with Crippen LogP contribution >= 0.6 is 11.6 Å². The van der Waals surface area contributed by atoms with Gasteiger partial charge in [0.1, 0.15) is 5.75 Å². The van der Waals surface area contributed by atoms with Crippen LogP contribution in [0.2, 0.25) is 5.02 Å². The highest BCUT2D eigenvalue weighted by Gasteiger charge is 2.08. The van der Waals surface area contributed by atoms with Crippen LogP contribution < -0.4 is 4.65 Å². The average Bonchev–Trinajstić information content (AvgIpc) is 2.33. The minimum Gasteiger partial charge on any atom is -0.536 e. The molecule has 6 heteroatoms. The van der Waals surface area contributed by atoms with E-state index in [1.807, 2.05) is 13.0 Å². The maximum absolute atomic E-state index is 8.55. The van der Waals surface area contributed by atoms with E-state index in [-0.39, 0.29) is 0 Å². The van der Waals surface area contributed by atoms with E-state index in [2.05, 4.69) is 9.97 Å². The molecule has 2 aromatic rings. The molecule has 0 saturated heterocycles. The fraction of sp³-hybridized carbons (Fsp3) is 0.0909. The van der Waals surface area contributed by atoms with Crippen molar-refractivity contribution in [3.8, 4) is 17.0 Å². The van der Waals surface area contributed by atoms with Crippen molar-refractivity contribution in [2.45, 2.75) is 6.92 Å². The van der Waals surface area contributed by atoms with E-state index in [4.69, 9.17) is 21.3 Å². The average molecular weight is 247 g/mol. The van der Waals surface area contributed by atoms with Crippen molar-refractivity contribution in [2.24, 2.45) is 0 Å². The molecule has 1 N–H and O–H groups in total. The summed E-state index contributed by atoms with van der Waals surface area (Å²) in [5.74, 6) is 0.388. The van der Waals surface area contributed by atoms with Gasteiger partial charge in [-0.1, -0.05) is 11.6 Å². The summed E-state index contributed by atoms with van der Waals surface area (Å²) in [6.45, 7) is 1.88. The molecule has 85 valence electrons. The van der Waals surface area contributed by atoms with Gasteiger partial charge in [0.2, 0.25) is 0 Å². The summed E-state index contributed by atoms with van der Waals surface area (Å²) in [5.41, 5.74) is 2.45. The maximum atomic E-state index is 8.55. The summed E-state index contributed by atoms with van der Waals surface area (Å²) in [7, 11) is 0.592. The molecule has 0 amide bonds. The van der Waals surface area contributed by atoms with Crippen molar-refractivity contribution in [3.63, 3.8) is 0 Å². The van der Waals surface area contributed by atoms with Gasteiger partial charge >= 0.3 is 7.69 Å². The van der Waals surface area contributed by atoms with Gasteiger partial charge < -0.3 is 9.68 Å². The molecule has 0 fully saturated rings. The fourth-order valence-corrected chi connectivity index (χ4v) is 1.72. The molecule has 0 aliphatic heterocycles. The molecule has 0 bridgehead atoms. The van der Waals surface area contributed by atoms with Crippen molar-refractivity contribution in [1.29, 1.82) is 0 Å². The van der Waals surface area contributed by atoms with Gasteiger partial charge in [0.15, 0.2) is 0 Å². The molecule has 17 heavy (non-hydrogen) atoms. The Bertz CT molecular complexity index is 537. The second-order valence-electron chi connectivity index (χ2n) is 3.36. The van der Waals surface area contributed by atoms with Gasteiger partial charge in [-0.15, -0.1) is 0 Å². The first-order chi connectivity index (χ1) is 8.22. The molecule has 0 aliphatic rings. The molecule has 4 nitrogen and oxygen atoms in total. The lowest BCUT2D eigenvalue weighted by Gasteiger charge is -2.07. The van der Waals surface area contributed by atoms with Gasteiger partial charge in [0, 0.05) is 18.0 Å². The zero-order valence-corrected chi connectivity index (χ0v) is 9.85. The van der Waals surface area contributed by atoms with Crippen molar-refractivity contribution in [2.75, 3.05) is 0 Å². The summed E-state index contributed by atoms with van der Waals surface area (Å²) in [6, 6.07) is 5.19. The summed E-state index contributed by atoms with van der Waals surface area (Å²) >= 11 is 6.01. The minimum absolute atomic E-state index is 0.388. The van der Waals surface area contributed by atoms with Crippen LogP contribution in [-0.4, -0.2) is 22.7 Å². The monoisotopic (exact) mass is 247 g/mol. The molecule has 1 aromatic carbocycles. The summed E-state index contributed by atoms with van der Waals surface area (Å²) < 4.78 is 4.82. The fourth-order valence-electron chi connectivity index (χ4n) is 1.49. The Morgan fingerprint density at radius 2 is 2.06 bits per heavy atom. The van der Waals surface area contributed by atoms with Crippen molar-refractivity contribution >= 4 is 19.3 Å². The standard InChI is InChI=1S/C11H9BClN2O2/c1-7-11(15-5-4-14-7)8-2-3-10(17-12-16)9(13)6-8/h2-6,16H,1H3. The molecule has 0 unspecified atom stereocenters. The zero-order chi connectivity index (χ0) is 12.3. The molecule has 0 spiro atoms. The van der Waals surface area contributed by atoms with Gasteiger partial charge in [0.05, 0.1) is 16.4 Å². The SMILES string of the molecule is Cc1nccnc1-c1ccc(O[B]O)c(Cl)c1. The molecule has 1 heterocycles. The molecule has 0 aliphatic carbocycles. The van der Waals surface area contributed by atoms with E-state index in [9.17, 15) is 0 Å². The van der Waals surface area contributed by atoms with Gasteiger partial charge in [-0.2, -0.15) is 0 Å². The predicted octanol–water partition coefficient (Wildman–Crippen LogP) is 2.01. The van der Waals surface area contributed by atoms with E-state index in [1.165, 1.54) is 0 Å². The highest BCUT2D eigenvalue weighted by molar-refractivity contribution is 6.33. The second kappa shape index (κ2) is 5.16. The van der Waals surface area contributed by atoms with Crippen LogP contribution in [0, 0.1) is 6.92 Å². The third-order valence-electron chi connectivity index (χ3n) is 2.27. The molecular weight excluding hydrogens is 238 g/mol. The first-order valence-electron chi connectivity index (χ1n) is 4.92. The molecule has 2 rings (SSSR count). The number of halogens is 1. The van der Waals surface area contributed by atoms with E-state index >= 15 is 0 Å². The number of benzene rings is 1. The van der Waals surface area contributed by atoms with Crippen molar-refractivity contribution < 1.29 is 9.68 Å². The number of nitrogens with zero attached hydrogens (tertiary/aromatic N) is 2. The molecule has 1 aromatic heterocycles. The third kappa shape index (κ3) is 2.57. The van der Waals surface area contributed by atoms with Gasteiger partial charge in [0.25, 0.3) is 0 Å². The van der Waals surface area contributed by atoms with Crippen LogP contribution in [0.25, 0.3) is 11.3 Å². The van der Waals surface area contributed by atoms with Gasteiger partial charge in [-0.3, -0.25) is 9.97 Å². The summed E-state index contributed by atoms with van der Waals surface area (Å²) in [4.78, 5) is 8.41. The quantitative estimate of drug-likeness (QED) is 0.843. The molecular formula is C11H9BClN2O2. The Hall–Kier alpha value is -1.59. The lowest BCUT2D eigenvalue weighted by molar-refractivity contribution is 0.454. The number of aryl methyl sites for hydroxylation is 1. The Morgan fingerprint density at radius 1 is 1.29 bits per heavy atom. The van der Waals surface area contributed by atoms with E-state index in [0.717, 1.165) is 17.0 Å². The van der Waals surface area contributed by atoms with Crippen molar-refractivity contribution in [3.05, 3.63) is 41.3 Å². The predicted molar refractivity (Wildman–Crippen MR) is 65.8 cm³/mol. The summed E-state index contributed by atoms with van der Waals surface area (Å²) in [5, 5.41) is 8.95. The summed E-state index contributed by atoms with van der Waals surface area (Å²) in [6.07, 6.45) is 3.26. The van der Waals surface area contributed by atoms with E-state index in [1.54, 1.807) is 24.5 Å².